The average Bonchev–Trinajstić information content (AvgIpc) is 3.14. The molecule has 0 spiro atoms. The summed E-state index contributed by atoms with van der Waals surface area (Å²) < 4.78 is 5.46. The molecule has 8 heteroatoms. The molecule has 0 aromatic carbocycles. The molecule has 4 rings (SSSR count). The van der Waals surface area contributed by atoms with E-state index < -0.39 is 0 Å². The van der Waals surface area contributed by atoms with Crippen LogP contribution in [0.15, 0.2) is 55.0 Å². The van der Waals surface area contributed by atoms with Gasteiger partial charge in [0.1, 0.15) is 22.9 Å². The molecule has 0 saturated heterocycles. The highest BCUT2D eigenvalue weighted by Gasteiger charge is 2.09. The Morgan fingerprint density at radius 1 is 1.07 bits per heavy atom. The van der Waals surface area contributed by atoms with Crippen LogP contribution in [0.25, 0.3) is 21.6 Å². The van der Waals surface area contributed by atoms with Gasteiger partial charge in [-0.25, -0.2) is 15.0 Å². The van der Waals surface area contributed by atoms with Crippen LogP contribution in [-0.2, 0) is 4.74 Å². The van der Waals surface area contributed by atoms with Gasteiger partial charge in [0.25, 0.3) is 0 Å². The lowest BCUT2D eigenvalue weighted by Crippen LogP contribution is -2.20. The van der Waals surface area contributed by atoms with E-state index in [0.717, 1.165) is 38.2 Å². The van der Waals surface area contributed by atoms with E-state index in [1.54, 1.807) is 18.6 Å². The van der Waals surface area contributed by atoms with Crippen molar-refractivity contribution in [3.63, 3.8) is 0 Å². The lowest BCUT2D eigenvalue weighted by Gasteiger charge is -2.19. The van der Waals surface area contributed by atoms with Crippen molar-refractivity contribution in [2.24, 2.45) is 0 Å². The third kappa shape index (κ3) is 4.08. The summed E-state index contributed by atoms with van der Waals surface area (Å²) in [6.45, 7) is 3.19. The zero-order chi connectivity index (χ0) is 19.3. The first-order valence-electron chi connectivity index (χ1n) is 8.93. The molecule has 7 nitrogen and oxygen atoms in total. The first kappa shape index (κ1) is 18.3. The molecule has 142 valence electrons. The van der Waals surface area contributed by atoms with Crippen molar-refractivity contribution in [1.29, 1.82) is 0 Å². The minimum Gasteiger partial charge on any atom is -0.361 e. The van der Waals surface area contributed by atoms with E-state index in [-0.39, 0.29) is 0 Å². The number of nitrogens with zero attached hydrogens (tertiary/aromatic N) is 5. The fraction of sp³-hybridized carbons (Fsp3) is 0.200. The van der Waals surface area contributed by atoms with Crippen LogP contribution in [0.2, 0.25) is 0 Å². The molecule has 4 aromatic rings. The Kier molecular flexibility index (Phi) is 5.41. The Morgan fingerprint density at radius 2 is 1.93 bits per heavy atom. The third-order valence-corrected chi connectivity index (χ3v) is 5.02. The van der Waals surface area contributed by atoms with Crippen LogP contribution >= 0.6 is 11.3 Å². The Hall–Kier alpha value is -3.10. The monoisotopic (exact) mass is 392 g/mol. The second-order valence-corrected chi connectivity index (χ2v) is 7.10. The normalized spacial score (nSPS) is 10.9. The van der Waals surface area contributed by atoms with E-state index in [4.69, 9.17) is 9.72 Å². The highest BCUT2D eigenvalue weighted by atomic mass is 32.1. The number of pyridine rings is 3. The molecule has 1 N–H and O–H groups in total. The molecule has 0 bridgehead atoms. The molecule has 0 aliphatic rings. The Bertz CT molecular complexity index is 1070. The van der Waals surface area contributed by atoms with Gasteiger partial charge in [0, 0.05) is 49.6 Å². The van der Waals surface area contributed by atoms with E-state index in [0.29, 0.717) is 13.3 Å². The molecule has 4 heterocycles. The molecule has 0 unspecified atom stereocenters. The van der Waals surface area contributed by atoms with Crippen LogP contribution in [0.1, 0.15) is 6.92 Å². The molecule has 0 fully saturated rings. The van der Waals surface area contributed by atoms with Gasteiger partial charge in [0.15, 0.2) is 5.13 Å². The molecule has 0 atom stereocenters. The van der Waals surface area contributed by atoms with Gasteiger partial charge in [-0.05, 0) is 37.3 Å². The van der Waals surface area contributed by atoms with Crippen LogP contribution in [-0.4, -0.2) is 40.3 Å². The summed E-state index contributed by atoms with van der Waals surface area (Å²) in [5, 5.41) is 4.04. The molecule has 0 amide bonds. The summed E-state index contributed by atoms with van der Waals surface area (Å²) in [5.41, 5.74) is 3.81. The average molecular weight is 392 g/mol. The third-order valence-electron chi connectivity index (χ3n) is 4.14. The van der Waals surface area contributed by atoms with Gasteiger partial charge in [0.05, 0.1) is 5.69 Å². The van der Waals surface area contributed by atoms with E-state index in [2.05, 4.69) is 20.3 Å². The van der Waals surface area contributed by atoms with Gasteiger partial charge in [-0.3, -0.25) is 4.98 Å². The topological polar surface area (TPSA) is 76.1 Å². The minimum absolute atomic E-state index is 0.531. The number of rotatable bonds is 7. The Balaban J connectivity index is 1.55. The summed E-state index contributed by atoms with van der Waals surface area (Å²) in [7, 11) is 1.98. The second kappa shape index (κ2) is 8.28. The number of aromatic nitrogens is 4. The van der Waals surface area contributed by atoms with E-state index in [1.807, 2.05) is 55.3 Å². The van der Waals surface area contributed by atoms with Gasteiger partial charge in [-0.1, -0.05) is 11.3 Å². The van der Waals surface area contributed by atoms with Crippen molar-refractivity contribution >= 4 is 38.3 Å². The van der Waals surface area contributed by atoms with Crippen molar-refractivity contribution in [2.75, 3.05) is 30.6 Å². The van der Waals surface area contributed by atoms with Crippen LogP contribution in [0.4, 0.5) is 16.6 Å². The zero-order valence-corrected chi connectivity index (χ0v) is 16.5. The lowest BCUT2D eigenvalue weighted by molar-refractivity contribution is 0.151. The largest absolute Gasteiger partial charge is 0.361 e. The molecule has 0 radical (unpaired) electrons. The lowest BCUT2D eigenvalue weighted by atomic mass is 10.2. The van der Waals surface area contributed by atoms with Crippen molar-refractivity contribution in [3.05, 3.63) is 55.0 Å². The maximum absolute atomic E-state index is 5.46. The summed E-state index contributed by atoms with van der Waals surface area (Å²) >= 11 is 1.50. The minimum atomic E-state index is 0.531. The maximum atomic E-state index is 5.46. The highest BCUT2D eigenvalue weighted by Crippen LogP contribution is 2.29. The maximum Gasteiger partial charge on any atom is 0.190 e. The van der Waals surface area contributed by atoms with Gasteiger partial charge in [0.2, 0.25) is 0 Å². The number of fused-ring (bicyclic) bond motifs is 1. The molecule has 0 saturated carbocycles. The first-order chi connectivity index (χ1) is 13.7. The van der Waals surface area contributed by atoms with Crippen molar-refractivity contribution < 1.29 is 4.74 Å². The number of thiazole rings is 1. The summed E-state index contributed by atoms with van der Waals surface area (Å²) in [5.74, 6) is 0.731. The van der Waals surface area contributed by atoms with E-state index in [9.17, 15) is 0 Å². The summed E-state index contributed by atoms with van der Waals surface area (Å²) in [6.07, 6.45) is 5.30. The molecule has 0 aliphatic carbocycles. The van der Waals surface area contributed by atoms with Crippen LogP contribution in [0, 0.1) is 0 Å². The van der Waals surface area contributed by atoms with Crippen molar-refractivity contribution in [1.82, 2.24) is 19.9 Å². The summed E-state index contributed by atoms with van der Waals surface area (Å²) in [4.78, 5) is 20.7. The Morgan fingerprint density at radius 3 is 2.75 bits per heavy atom. The fourth-order valence-electron chi connectivity index (χ4n) is 2.69. The standard InChI is InChI=1S/C20H20N6OS/c1-3-27-13-26(2)15-8-11-22-18(12-15)25-20-24-17-5-4-16(23-19(17)28-20)14-6-9-21-10-7-14/h4-12H,3,13H2,1-2H3,(H,22,24,25). The second-order valence-electron chi connectivity index (χ2n) is 6.12. The molecule has 28 heavy (non-hydrogen) atoms. The predicted octanol–water partition coefficient (Wildman–Crippen LogP) is 4.32. The van der Waals surface area contributed by atoms with Gasteiger partial charge >= 0.3 is 0 Å². The van der Waals surface area contributed by atoms with Crippen molar-refractivity contribution in [3.8, 4) is 11.3 Å². The number of hydrogen-bond acceptors (Lipinski definition) is 8. The number of anilines is 3. The SMILES string of the molecule is CCOCN(C)c1ccnc(Nc2nc3ccc(-c4ccncc4)nc3s2)c1. The van der Waals surface area contributed by atoms with Gasteiger partial charge < -0.3 is 15.0 Å². The number of hydrogen-bond donors (Lipinski definition) is 1. The molecule has 0 aliphatic heterocycles. The Labute approximate surface area is 167 Å². The van der Waals surface area contributed by atoms with Crippen LogP contribution < -0.4 is 10.2 Å². The zero-order valence-electron chi connectivity index (χ0n) is 15.7. The van der Waals surface area contributed by atoms with Gasteiger partial charge in [-0.2, -0.15) is 0 Å². The van der Waals surface area contributed by atoms with Crippen LogP contribution in [0.3, 0.4) is 0 Å². The summed E-state index contributed by atoms with van der Waals surface area (Å²) in [6, 6.07) is 11.8. The molecular weight excluding hydrogens is 372 g/mol. The molecule has 4 aromatic heterocycles. The number of nitrogens with one attached hydrogen (secondary N) is 1. The van der Waals surface area contributed by atoms with E-state index >= 15 is 0 Å². The van der Waals surface area contributed by atoms with Crippen LogP contribution in [0.5, 0.6) is 0 Å². The molecular formula is C20H20N6OS. The fourth-order valence-corrected chi connectivity index (χ4v) is 3.54. The predicted molar refractivity (Wildman–Crippen MR) is 113 cm³/mol. The van der Waals surface area contributed by atoms with Gasteiger partial charge in [-0.15, -0.1) is 0 Å². The highest BCUT2D eigenvalue weighted by molar-refractivity contribution is 7.21. The van der Waals surface area contributed by atoms with Crippen molar-refractivity contribution in [2.45, 2.75) is 6.92 Å². The first-order valence-corrected chi connectivity index (χ1v) is 9.74. The smallest absolute Gasteiger partial charge is 0.190 e. The van der Waals surface area contributed by atoms with E-state index in [1.165, 1.54) is 11.3 Å². The number of ether oxygens (including phenoxy) is 1. The quantitative estimate of drug-likeness (QED) is 0.469.